The van der Waals surface area contributed by atoms with Gasteiger partial charge in [-0.15, -0.1) is 0 Å². The van der Waals surface area contributed by atoms with Crippen LogP contribution in [0.1, 0.15) is 24.8 Å². The molecule has 1 aliphatic rings. The van der Waals surface area contributed by atoms with Crippen molar-refractivity contribution in [1.82, 2.24) is 0 Å². The molecular formula is C20H22O3Se. The first-order valence-corrected chi connectivity index (χ1v) is 10.2. The molecule has 0 radical (unpaired) electrons. The second-order valence-electron chi connectivity index (χ2n) is 6.08. The van der Waals surface area contributed by atoms with E-state index in [1.807, 2.05) is 48.5 Å². The van der Waals surface area contributed by atoms with Crippen LogP contribution in [0.25, 0.3) is 0 Å². The molecule has 24 heavy (non-hydrogen) atoms. The normalized spacial score (nSPS) is 23.6. The summed E-state index contributed by atoms with van der Waals surface area (Å²) < 4.78 is 6.88. The molecule has 0 saturated heterocycles. The molecule has 1 aliphatic carbocycles. The van der Waals surface area contributed by atoms with Crippen LogP contribution in [0.5, 0.6) is 0 Å². The number of rotatable bonds is 5. The molecule has 2 aromatic carbocycles. The third-order valence-corrected chi connectivity index (χ3v) is 7.10. The average Bonchev–Trinajstić information content (AvgIpc) is 2.60. The molecule has 1 saturated carbocycles. The minimum atomic E-state index is -0.557. The molecule has 0 bridgehead atoms. The van der Waals surface area contributed by atoms with Gasteiger partial charge in [-0.05, 0) is 0 Å². The van der Waals surface area contributed by atoms with Gasteiger partial charge in [0.25, 0.3) is 0 Å². The van der Waals surface area contributed by atoms with Gasteiger partial charge in [-0.25, -0.2) is 0 Å². The molecule has 1 N–H and O–H groups in total. The third-order valence-electron chi connectivity index (χ3n) is 4.24. The fourth-order valence-corrected chi connectivity index (χ4v) is 5.66. The zero-order valence-electron chi connectivity index (χ0n) is 13.5. The van der Waals surface area contributed by atoms with Crippen molar-refractivity contribution in [1.29, 1.82) is 0 Å². The van der Waals surface area contributed by atoms with Crippen LogP contribution < -0.4 is 4.46 Å². The van der Waals surface area contributed by atoms with Crippen LogP contribution in [-0.4, -0.2) is 38.2 Å². The van der Waals surface area contributed by atoms with Crippen molar-refractivity contribution in [2.45, 2.75) is 42.7 Å². The molecule has 3 atom stereocenters. The molecule has 0 spiro atoms. The quantitative estimate of drug-likeness (QED) is 0.632. The van der Waals surface area contributed by atoms with Crippen molar-refractivity contribution in [3.8, 4) is 0 Å². The van der Waals surface area contributed by atoms with Gasteiger partial charge < -0.3 is 0 Å². The minimum absolute atomic E-state index is 0.200. The summed E-state index contributed by atoms with van der Waals surface area (Å²) in [5.41, 5.74) is 0.942. The summed E-state index contributed by atoms with van der Waals surface area (Å²) in [4.78, 5) is 12.4. The van der Waals surface area contributed by atoms with Crippen LogP contribution in [0.4, 0.5) is 0 Å². The number of hydrogen-bond donors (Lipinski definition) is 1. The van der Waals surface area contributed by atoms with Crippen LogP contribution >= 0.6 is 0 Å². The number of benzene rings is 2. The van der Waals surface area contributed by atoms with Crippen LogP contribution in [0.2, 0.25) is 4.82 Å². The van der Waals surface area contributed by atoms with Gasteiger partial charge in [0.2, 0.25) is 0 Å². The molecule has 0 unspecified atom stereocenters. The first-order chi connectivity index (χ1) is 11.7. The Kier molecular flexibility index (Phi) is 6.08. The summed E-state index contributed by atoms with van der Waals surface area (Å²) in [7, 11) is 0. The molecule has 1 fully saturated rings. The van der Waals surface area contributed by atoms with Crippen molar-refractivity contribution in [2.24, 2.45) is 0 Å². The Hall–Kier alpha value is -1.61. The van der Waals surface area contributed by atoms with Crippen molar-refractivity contribution < 1.29 is 14.6 Å². The topological polar surface area (TPSA) is 46.5 Å². The van der Waals surface area contributed by atoms with E-state index >= 15 is 0 Å². The first kappa shape index (κ1) is 17.2. The number of aliphatic hydroxyl groups is 1. The Bertz CT molecular complexity index is 644. The van der Waals surface area contributed by atoms with Crippen molar-refractivity contribution in [2.75, 3.05) is 0 Å². The molecule has 0 heterocycles. The molecular weight excluding hydrogens is 367 g/mol. The van der Waals surface area contributed by atoms with Crippen LogP contribution in [0.3, 0.4) is 0 Å². The van der Waals surface area contributed by atoms with Gasteiger partial charge in [0, 0.05) is 0 Å². The van der Waals surface area contributed by atoms with E-state index < -0.39 is 6.10 Å². The molecule has 4 heteroatoms. The van der Waals surface area contributed by atoms with Crippen LogP contribution in [0, 0.1) is 0 Å². The van der Waals surface area contributed by atoms with Gasteiger partial charge in [-0.1, -0.05) is 0 Å². The monoisotopic (exact) mass is 390 g/mol. The summed E-state index contributed by atoms with van der Waals surface area (Å²) in [5.74, 6) is -0.252. The number of carbonyl (C=O) groups excluding carboxylic acids is 1. The fourth-order valence-electron chi connectivity index (χ4n) is 3.01. The van der Waals surface area contributed by atoms with E-state index in [1.165, 1.54) is 4.46 Å². The van der Waals surface area contributed by atoms with E-state index in [0.717, 1.165) is 24.8 Å². The molecule has 3 nitrogen and oxygen atoms in total. The Morgan fingerprint density at radius 2 is 1.71 bits per heavy atom. The Morgan fingerprint density at radius 1 is 1.04 bits per heavy atom. The van der Waals surface area contributed by atoms with Gasteiger partial charge >= 0.3 is 149 Å². The summed E-state index contributed by atoms with van der Waals surface area (Å²) >= 11 is 0.200. The Labute approximate surface area is 149 Å². The van der Waals surface area contributed by atoms with E-state index in [-0.39, 0.29) is 38.3 Å². The summed E-state index contributed by atoms with van der Waals surface area (Å²) in [6.45, 7) is 0. The molecule has 0 aromatic heterocycles. The van der Waals surface area contributed by atoms with Crippen molar-refractivity contribution in [3.05, 3.63) is 66.2 Å². The summed E-state index contributed by atoms with van der Waals surface area (Å²) in [6.07, 6.45) is 2.09. The van der Waals surface area contributed by atoms with Gasteiger partial charge in [0.15, 0.2) is 0 Å². The number of carbonyl (C=O) groups is 1. The van der Waals surface area contributed by atoms with Crippen LogP contribution in [0.15, 0.2) is 60.7 Å². The summed E-state index contributed by atoms with van der Waals surface area (Å²) in [5, 5.41) is 10.6. The van der Waals surface area contributed by atoms with E-state index in [0.29, 0.717) is 0 Å². The van der Waals surface area contributed by atoms with Gasteiger partial charge in [-0.2, -0.15) is 0 Å². The average molecular weight is 389 g/mol. The second-order valence-corrected chi connectivity index (χ2v) is 8.84. The van der Waals surface area contributed by atoms with Gasteiger partial charge in [0.05, 0.1) is 0 Å². The molecule has 2 aromatic rings. The predicted octanol–water partition coefficient (Wildman–Crippen LogP) is 2.50. The van der Waals surface area contributed by atoms with Crippen LogP contribution in [-0.2, 0) is 16.0 Å². The molecule has 0 aliphatic heterocycles. The second kappa shape index (κ2) is 8.48. The van der Waals surface area contributed by atoms with Crippen molar-refractivity contribution >= 4 is 25.4 Å². The molecule has 126 valence electrons. The molecule has 0 amide bonds. The van der Waals surface area contributed by atoms with E-state index in [2.05, 4.69) is 12.1 Å². The maximum atomic E-state index is 12.2. The zero-order chi connectivity index (χ0) is 16.8. The van der Waals surface area contributed by atoms with Crippen molar-refractivity contribution in [3.63, 3.8) is 0 Å². The number of esters is 1. The van der Waals surface area contributed by atoms with Gasteiger partial charge in [-0.3, -0.25) is 0 Å². The fraction of sp³-hybridized carbons (Fsp3) is 0.350. The Morgan fingerprint density at radius 3 is 2.42 bits per heavy atom. The third kappa shape index (κ3) is 4.70. The maximum absolute atomic E-state index is 12.2. The van der Waals surface area contributed by atoms with Gasteiger partial charge in [0.1, 0.15) is 0 Å². The van der Waals surface area contributed by atoms with E-state index in [1.54, 1.807) is 0 Å². The van der Waals surface area contributed by atoms with E-state index in [4.69, 9.17) is 4.74 Å². The zero-order valence-corrected chi connectivity index (χ0v) is 15.2. The molecule has 3 rings (SSSR count). The first-order valence-electron chi connectivity index (χ1n) is 8.35. The number of ether oxygens (including phenoxy) is 1. The number of aliphatic hydroxyl groups excluding tert-OH is 1. The Balaban J connectivity index is 1.56. The number of hydrogen-bond acceptors (Lipinski definition) is 3. The predicted molar refractivity (Wildman–Crippen MR) is 95.5 cm³/mol. The van der Waals surface area contributed by atoms with E-state index in [9.17, 15) is 9.90 Å². The summed E-state index contributed by atoms with van der Waals surface area (Å²) in [6, 6.07) is 19.9. The standard InChI is InChI=1S/C20H22O3Se/c21-19(14-15-8-3-1-4-9-15)23-17-12-7-13-18(20(17)22)24-16-10-5-2-6-11-16/h1-6,8-11,17-18,20,22H,7,12-14H2/t17-,18-,20-/m1/s1. The SMILES string of the molecule is O=C(Cc1ccccc1)O[C@@H]1CCC[C@@H]([Se]c2ccccc2)[C@@H]1O.